The monoisotopic (exact) mass is 804 g/mol. The summed E-state index contributed by atoms with van der Waals surface area (Å²) in [7, 11) is 0.423. The summed E-state index contributed by atoms with van der Waals surface area (Å²) in [6, 6.07) is 17.9. The maximum atomic E-state index is 12.8. The Hall–Kier alpha value is -3.52. The minimum absolute atomic E-state index is 0.0433. The maximum Gasteiger partial charge on any atom is 0.407 e. The second-order valence-electron chi connectivity index (χ2n) is 15.1. The van der Waals surface area contributed by atoms with E-state index < -0.39 is 32.9 Å². The van der Waals surface area contributed by atoms with Crippen LogP contribution in [0.25, 0.3) is 0 Å². The highest BCUT2D eigenvalue weighted by Crippen LogP contribution is 2.49. The zero-order valence-electron chi connectivity index (χ0n) is 34.4. The lowest BCUT2D eigenvalue weighted by Crippen LogP contribution is -2.41. The fraction of sp³-hybridized carbons (Fsp3) is 0.605. The molecule has 0 spiro atoms. The van der Waals surface area contributed by atoms with Crippen molar-refractivity contribution in [3.05, 3.63) is 70.8 Å². The van der Waals surface area contributed by atoms with E-state index in [1.165, 1.54) is 0 Å². The lowest BCUT2D eigenvalue weighted by atomic mass is 9.92. The Labute approximate surface area is 342 Å². The molecule has 1 heterocycles. The van der Waals surface area contributed by atoms with E-state index >= 15 is 0 Å². The van der Waals surface area contributed by atoms with Gasteiger partial charge in [0.2, 0.25) is 5.91 Å². The predicted molar refractivity (Wildman–Crippen MR) is 224 cm³/mol. The number of hydrogen-bond acceptors (Lipinski definition) is 10. The molecule has 6 atom stereocenters. The molecule has 0 saturated carbocycles. The Kier molecular flexibility index (Phi) is 20.3. The van der Waals surface area contributed by atoms with Gasteiger partial charge in [0, 0.05) is 61.3 Å². The minimum atomic E-state index is -1.51. The number of carbonyl (C=O) groups excluding carboxylic acids is 2. The lowest BCUT2D eigenvalue weighted by Gasteiger charge is -2.38. The van der Waals surface area contributed by atoms with Gasteiger partial charge < -0.3 is 39.0 Å². The number of unbranched alkanes of at least 4 members (excludes halogenated alkanes) is 5. The Morgan fingerprint density at radius 2 is 1.60 bits per heavy atom. The number of ether oxygens (including phenoxy) is 3. The molecule has 2 aromatic carbocycles. The van der Waals surface area contributed by atoms with E-state index in [1.807, 2.05) is 56.4 Å². The molecule has 3 unspecified atom stereocenters. The fourth-order valence-electron chi connectivity index (χ4n) is 7.14. The Balaban J connectivity index is 1.06. The number of nitrogens with zero attached hydrogens (tertiary/aromatic N) is 2. The molecule has 310 valence electrons. The van der Waals surface area contributed by atoms with E-state index in [0.29, 0.717) is 32.5 Å². The molecule has 1 aliphatic carbocycles. The van der Waals surface area contributed by atoms with Crippen LogP contribution in [0.3, 0.4) is 0 Å². The quantitative estimate of drug-likeness (QED) is 0.0496. The second-order valence-corrected chi connectivity index (χ2v) is 16.5. The van der Waals surface area contributed by atoms with Gasteiger partial charge in [-0.1, -0.05) is 67.5 Å². The van der Waals surface area contributed by atoms with Crippen molar-refractivity contribution in [1.29, 1.82) is 5.26 Å². The molecule has 12 nitrogen and oxygen atoms in total. The first-order valence-corrected chi connectivity index (χ1v) is 21.8. The minimum Gasteiger partial charge on any atom is -0.441 e. The van der Waals surface area contributed by atoms with Crippen LogP contribution in [0.15, 0.2) is 48.5 Å². The number of rotatable bonds is 24. The Morgan fingerprint density at radius 1 is 0.930 bits per heavy atom. The van der Waals surface area contributed by atoms with Crippen molar-refractivity contribution in [2.45, 2.75) is 134 Å². The molecule has 2 amide bonds. The zero-order valence-corrected chi connectivity index (χ0v) is 35.3. The highest BCUT2D eigenvalue weighted by atomic mass is 31.2. The molecule has 1 saturated heterocycles. The number of alkyl carbamates (subject to hydrolysis) is 1. The first-order valence-electron chi connectivity index (χ1n) is 20.7. The highest BCUT2D eigenvalue weighted by Gasteiger charge is 2.46. The van der Waals surface area contributed by atoms with Crippen molar-refractivity contribution < 1.29 is 38.0 Å². The number of benzene rings is 2. The van der Waals surface area contributed by atoms with Gasteiger partial charge in [-0.3, -0.25) is 4.79 Å². The van der Waals surface area contributed by atoms with Gasteiger partial charge in [-0.25, -0.2) is 9.46 Å². The number of fused-ring (bicyclic) bond motifs is 2. The van der Waals surface area contributed by atoms with Crippen LogP contribution < -0.4 is 10.6 Å². The predicted octanol–water partition coefficient (Wildman–Crippen LogP) is 6.04. The molecular formula is C43H62BN4O8P. The van der Waals surface area contributed by atoms with Gasteiger partial charge >= 0.3 is 6.09 Å². The third kappa shape index (κ3) is 15.0. The average molecular weight is 805 g/mol. The van der Waals surface area contributed by atoms with Crippen LogP contribution in [-0.2, 0) is 34.5 Å². The van der Waals surface area contributed by atoms with Gasteiger partial charge in [-0.2, -0.15) is 5.26 Å². The third-order valence-electron chi connectivity index (χ3n) is 9.96. The van der Waals surface area contributed by atoms with Crippen LogP contribution in [0.1, 0.15) is 114 Å². The van der Waals surface area contributed by atoms with Crippen molar-refractivity contribution in [3.63, 3.8) is 0 Å². The van der Waals surface area contributed by atoms with Crippen molar-refractivity contribution in [3.8, 4) is 17.9 Å². The van der Waals surface area contributed by atoms with E-state index in [1.54, 1.807) is 0 Å². The normalized spacial score (nSPS) is 20.4. The third-order valence-corrected chi connectivity index (χ3v) is 12.1. The van der Waals surface area contributed by atoms with Crippen molar-refractivity contribution in [2.24, 2.45) is 0 Å². The molecule has 3 N–H and O–H groups in total. The maximum absolute atomic E-state index is 12.8. The lowest BCUT2D eigenvalue weighted by molar-refractivity contribution is -0.121. The standard InChI is InChI=1S/C43H62BN4O8P/c1-31(2)48(32(3)4)57(53-28-16-24-45)56-40-38(30-49)54-42(44)41(40)52-27-15-6-5-13-25-46-39(50)21-8-7-14-26-47-43(51)55-37-29-35-19-10-9-17-33(35)22-23-34-18-11-12-20-36(34)37/h9-12,17-20,31-32,37-38,40-42,49H,5-8,13-16,21,25-30,44H2,1-4H3,(H,46,50)(H,47,51)/t37?,38-,40?,41+,42-,57?/m1/s1. The van der Waals surface area contributed by atoms with Crippen LogP contribution in [-0.4, -0.2) is 98.9 Å². The largest absolute Gasteiger partial charge is 0.441 e. The molecule has 0 bridgehead atoms. The van der Waals surface area contributed by atoms with Crippen LogP contribution in [0, 0.1) is 23.2 Å². The van der Waals surface area contributed by atoms with Crippen LogP contribution >= 0.6 is 8.53 Å². The molecule has 2 aliphatic rings. The summed E-state index contributed by atoms with van der Waals surface area (Å²) in [5.41, 5.74) is 3.77. The van der Waals surface area contributed by atoms with Crippen molar-refractivity contribution in [1.82, 2.24) is 15.3 Å². The van der Waals surface area contributed by atoms with E-state index in [9.17, 15) is 14.7 Å². The summed E-state index contributed by atoms with van der Waals surface area (Å²) in [5, 5.41) is 25.0. The van der Waals surface area contributed by atoms with E-state index in [0.717, 1.165) is 67.2 Å². The summed E-state index contributed by atoms with van der Waals surface area (Å²) < 4.78 is 33.0. The molecule has 0 radical (unpaired) electrons. The van der Waals surface area contributed by atoms with Gasteiger partial charge in [0.25, 0.3) is 8.53 Å². The van der Waals surface area contributed by atoms with Gasteiger partial charge in [-0.05, 0) is 71.1 Å². The number of hydrogen-bond donors (Lipinski definition) is 3. The highest BCUT2D eigenvalue weighted by molar-refractivity contribution is 7.44. The van der Waals surface area contributed by atoms with E-state index in [2.05, 4.69) is 60.9 Å². The number of nitriles is 1. The topological polar surface area (TPSA) is 152 Å². The van der Waals surface area contributed by atoms with Gasteiger partial charge in [0.15, 0.2) is 0 Å². The van der Waals surface area contributed by atoms with E-state index in [-0.39, 0.29) is 49.7 Å². The molecule has 0 aromatic heterocycles. The first kappa shape index (κ1) is 46.2. The van der Waals surface area contributed by atoms with Gasteiger partial charge in [0.05, 0.1) is 31.7 Å². The Morgan fingerprint density at radius 3 is 2.33 bits per heavy atom. The smallest absolute Gasteiger partial charge is 0.407 e. The fourth-order valence-corrected chi connectivity index (χ4v) is 8.91. The summed E-state index contributed by atoms with van der Waals surface area (Å²) in [6.07, 6.45) is 4.95. The summed E-state index contributed by atoms with van der Waals surface area (Å²) in [4.78, 5) is 25.2. The van der Waals surface area contributed by atoms with Crippen LogP contribution in [0.2, 0.25) is 0 Å². The van der Waals surface area contributed by atoms with Crippen molar-refractivity contribution in [2.75, 3.05) is 32.9 Å². The average Bonchev–Trinajstić information content (AvgIpc) is 3.48. The first-order chi connectivity index (χ1) is 27.6. The van der Waals surface area contributed by atoms with Crippen LogP contribution in [0.5, 0.6) is 0 Å². The number of amides is 2. The Bertz CT molecular complexity index is 1640. The SMILES string of the molecule is B[C@@H]1O[C@H](CO)C(OP(OCCC#N)N(C(C)C)C(C)C)[C@@H]1OCCCCCCNC(=O)CCCCCNC(=O)OC1Cc2ccccc2C#Cc2ccccc21. The molecular weight excluding hydrogens is 742 g/mol. The number of aliphatic hydroxyl groups is 1. The van der Waals surface area contributed by atoms with E-state index in [4.69, 9.17) is 28.5 Å². The zero-order chi connectivity index (χ0) is 41.0. The molecule has 1 fully saturated rings. The number of carbonyl (C=O) groups is 2. The number of aliphatic hydroxyl groups excluding tert-OH is 1. The van der Waals surface area contributed by atoms with Crippen molar-refractivity contribution >= 4 is 28.4 Å². The summed E-state index contributed by atoms with van der Waals surface area (Å²) in [5.74, 6) is 6.53. The van der Waals surface area contributed by atoms with Crippen LogP contribution in [0.4, 0.5) is 4.79 Å². The molecule has 14 heteroatoms. The number of nitrogens with one attached hydrogen (secondary N) is 2. The summed E-state index contributed by atoms with van der Waals surface area (Å²) >= 11 is 0. The molecule has 4 rings (SSSR count). The molecule has 1 aliphatic heterocycles. The molecule has 2 aromatic rings. The summed E-state index contributed by atoms with van der Waals surface area (Å²) in [6.45, 7) is 10.0. The van der Waals surface area contributed by atoms with Gasteiger partial charge in [0.1, 0.15) is 32.3 Å². The molecule has 57 heavy (non-hydrogen) atoms. The second kappa shape index (κ2) is 25.1. The van der Waals surface area contributed by atoms with Gasteiger partial charge in [-0.15, -0.1) is 0 Å².